The third kappa shape index (κ3) is 4.37. The Morgan fingerprint density at radius 3 is 2.65 bits per heavy atom. The summed E-state index contributed by atoms with van der Waals surface area (Å²) in [6, 6.07) is 4.74. The van der Waals surface area contributed by atoms with Gasteiger partial charge in [0.25, 0.3) is 11.2 Å². The third-order valence-corrected chi connectivity index (χ3v) is 5.25. The summed E-state index contributed by atoms with van der Waals surface area (Å²) in [5.74, 6) is 1.46. The van der Waals surface area contributed by atoms with E-state index >= 15 is 0 Å². The SMILES string of the molecule is CCc1on(-c2ccc(C)cc2[N+](=O)[O-])c(=O)c1C(C)SCCN(C)C. The average Bonchev–Trinajstić information content (AvgIpc) is 2.90. The van der Waals surface area contributed by atoms with E-state index in [1.54, 1.807) is 30.8 Å². The number of benzene rings is 1. The van der Waals surface area contributed by atoms with Gasteiger partial charge >= 0.3 is 0 Å². The molecule has 1 aromatic heterocycles. The van der Waals surface area contributed by atoms with E-state index in [2.05, 4.69) is 4.90 Å². The van der Waals surface area contributed by atoms with Gasteiger partial charge in [0, 0.05) is 30.0 Å². The lowest BCUT2D eigenvalue weighted by atomic mass is 10.1. The zero-order valence-corrected chi connectivity index (χ0v) is 16.6. The molecule has 0 bridgehead atoms. The number of nitro benzene ring substituents is 1. The van der Waals surface area contributed by atoms with E-state index < -0.39 is 4.92 Å². The number of nitro groups is 1. The van der Waals surface area contributed by atoms with Gasteiger partial charge in [-0.3, -0.25) is 14.9 Å². The van der Waals surface area contributed by atoms with Crippen molar-refractivity contribution in [2.24, 2.45) is 0 Å². The Morgan fingerprint density at radius 2 is 2.08 bits per heavy atom. The van der Waals surface area contributed by atoms with Crippen molar-refractivity contribution in [3.8, 4) is 5.69 Å². The van der Waals surface area contributed by atoms with Crippen LogP contribution in [-0.4, -0.2) is 41.0 Å². The molecule has 0 fully saturated rings. The van der Waals surface area contributed by atoms with Crippen LogP contribution in [0, 0.1) is 17.0 Å². The molecule has 0 radical (unpaired) electrons. The lowest BCUT2D eigenvalue weighted by Crippen LogP contribution is -2.19. The van der Waals surface area contributed by atoms with Gasteiger partial charge in [-0.15, -0.1) is 4.74 Å². The number of thioether (sulfide) groups is 1. The molecular weight excluding hydrogens is 354 g/mol. The summed E-state index contributed by atoms with van der Waals surface area (Å²) in [6.45, 7) is 6.56. The normalized spacial score (nSPS) is 12.5. The van der Waals surface area contributed by atoms with Gasteiger partial charge in [-0.05, 0) is 39.6 Å². The fourth-order valence-corrected chi connectivity index (χ4v) is 3.91. The minimum Gasteiger partial charge on any atom is -0.375 e. The van der Waals surface area contributed by atoms with Gasteiger partial charge in [0.15, 0.2) is 5.69 Å². The number of aryl methyl sites for hydroxylation is 2. The molecule has 0 spiro atoms. The highest BCUT2D eigenvalue weighted by Gasteiger charge is 2.26. The van der Waals surface area contributed by atoms with Crippen LogP contribution in [0.5, 0.6) is 0 Å². The molecule has 8 heteroatoms. The van der Waals surface area contributed by atoms with Crippen molar-refractivity contribution in [1.82, 2.24) is 9.64 Å². The predicted octanol–water partition coefficient (Wildman–Crippen LogP) is 3.57. The number of hydrogen-bond donors (Lipinski definition) is 0. The van der Waals surface area contributed by atoms with Gasteiger partial charge in [-0.2, -0.15) is 11.8 Å². The quantitative estimate of drug-likeness (QED) is 0.515. The molecule has 0 amide bonds. The molecule has 0 aliphatic carbocycles. The predicted molar refractivity (Wildman–Crippen MR) is 105 cm³/mol. The second-order valence-corrected chi connectivity index (χ2v) is 7.90. The van der Waals surface area contributed by atoms with Gasteiger partial charge < -0.3 is 9.42 Å². The molecule has 1 aromatic carbocycles. The molecular formula is C18H25N3O4S. The first-order chi connectivity index (χ1) is 12.3. The van der Waals surface area contributed by atoms with Crippen molar-refractivity contribution in [2.75, 3.05) is 26.4 Å². The molecule has 1 atom stereocenters. The van der Waals surface area contributed by atoms with Crippen LogP contribution in [0.3, 0.4) is 0 Å². The fourth-order valence-electron chi connectivity index (χ4n) is 2.69. The van der Waals surface area contributed by atoms with E-state index in [1.165, 1.54) is 6.07 Å². The Morgan fingerprint density at radius 1 is 1.38 bits per heavy atom. The molecule has 0 N–H and O–H groups in total. The summed E-state index contributed by atoms with van der Waals surface area (Å²) in [5, 5.41) is 11.3. The maximum absolute atomic E-state index is 13.0. The highest BCUT2D eigenvalue weighted by Crippen LogP contribution is 2.31. The van der Waals surface area contributed by atoms with E-state index in [9.17, 15) is 14.9 Å². The van der Waals surface area contributed by atoms with Crippen LogP contribution in [0.15, 0.2) is 27.5 Å². The van der Waals surface area contributed by atoms with Crippen molar-refractivity contribution in [3.05, 3.63) is 55.6 Å². The molecule has 0 saturated carbocycles. The summed E-state index contributed by atoms with van der Waals surface area (Å²) < 4.78 is 6.80. The first-order valence-electron chi connectivity index (χ1n) is 8.53. The van der Waals surface area contributed by atoms with Gasteiger partial charge in [0.2, 0.25) is 0 Å². The maximum atomic E-state index is 13.0. The molecule has 2 rings (SSSR count). The molecule has 142 valence electrons. The Balaban J connectivity index is 2.46. The van der Waals surface area contributed by atoms with Crippen LogP contribution in [0.2, 0.25) is 0 Å². The Kier molecular flexibility index (Phi) is 6.66. The number of rotatable bonds is 8. The van der Waals surface area contributed by atoms with Crippen molar-refractivity contribution in [3.63, 3.8) is 0 Å². The van der Waals surface area contributed by atoms with E-state index in [0.29, 0.717) is 17.7 Å². The molecule has 1 unspecified atom stereocenters. The molecule has 2 aromatic rings. The van der Waals surface area contributed by atoms with Gasteiger partial charge in [0.05, 0.1) is 10.5 Å². The zero-order valence-electron chi connectivity index (χ0n) is 15.8. The van der Waals surface area contributed by atoms with E-state index in [1.807, 2.05) is 27.9 Å². The highest BCUT2D eigenvalue weighted by atomic mass is 32.2. The smallest absolute Gasteiger partial charge is 0.296 e. The Labute approximate surface area is 157 Å². The first kappa shape index (κ1) is 20.3. The van der Waals surface area contributed by atoms with Crippen LogP contribution in [0.4, 0.5) is 5.69 Å². The number of aromatic nitrogens is 1. The lowest BCUT2D eigenvalue weighted by Gasteiger charge is -2.12. The first-order valence-corrected chi connectivity index (χ1v) is 9.58. The Hall–Kier alpha value is -2.06. The van der Waals surface area contributed by atoms with Crippen LogP contribution in [0.25, 0.3) is 5.69 Å². The average molecular weight is 379 g/mol. The molecule has 0 aliphatic heterocycles. The third-order valence-electron chi connectivity index (χ3n) is 4.10. The van der Waals surface area contributed by atoms with E-state index in [0.717, 1.165) is 22.6 Å². The summed E-state index contributed by atoms with van der Waals surface area (Å²) in [7, 11) is 4.01. The van der Waals surface area contributed by atoms with Gasteiger partial charge in [-0.1, -0.05) is 13.0 Å². The van der Waals surface area contributed by atoms with Gasteiger partial charge in [0.1, 0.15) is 5.76 Å². The summed E-state index contributed by atoms with van der Waals surface area (Å²) in [5.41, 5.74) is 1.05. The molecule has 1 heterocycles. The molecule has 26 heavy (non-hydrogen) atoms. The summed E-state index contributed by atoms with van der Waals surface area (Å²) in [6.07, 6.45) is 0.551. The topological polar surface area (TPSA) is 81.5 Å². The molecule has 0 saturated heterocycles. The van der Waals surface area contributed by atoms with Crippen molar-refractivity contribution in [2.45, 2.75) is 32.4 Å². The largest absolute Gasteiger partial charge is 0.375 e. The minimum atomic E-state index is -0.488. The zero-order chi connectivity index (χ0) is 19.4. The van der Waals surface area contributed by atoms with E-state index in [4.69, 9.17) is 4.52 Å². The Bertz CT molecular complexity index is 841. The molecule has 0 aliphatic rings. The maximum Gasteiger partial charge on any atom is 0.296 e. The summed E-state index contributed by atoms with van der Waals surface area (Å²) >= 11 is 1.67. The van der Waals surface area contributed by atoms with Crippen molar-refractivity contribution < 1.29 is 9.45 Å². The van der Waals surface area contributed by atoms with Gasteiger partial charge in [-0.25, -0.2) is 0 Å². The lowest BCUT2D eigenvalue weighted by molar-refractivity contribution is -0.384. The van der Waals surface area contributed by atoms with Crippen LogP contribution in [-0.2, 0) is 6.42 Å². The second kappa shape index (κ2) is 8.55. The highest BCUT2D eigenvalue weighted by molar-refractivity contribution is 7.99. The number of nitrogens with zero attached hydrogens (tertiary/aromatic N) is 3. The van der Waals surface area contributed by atoms with Crippen molar-refractivity contribution in [1.29, 1.82) is 0 Å². The van der Waals surface area contributed by atoms with Crippen LogP contribution in [0.1, 0.15) is 36.0 Å². The number of hydrogen-bond acceptors (Lipinski definition) is 6. The summed E-state index contributed by atoms with van der Waals surface area (Å²) in [4.78, 5) is 26.0. The minimum absolute atomic E-state index is 0.0492. The second-order valence-electron chi connectivity index (χ2n) is 6.45. The van der Waals surface area contributed by atoms with Crippen LogP contribution >= 0.6 is 11.8 Å². The molecule has 7 nitrogen and oxygen atoms in total. The van der Waals surface area contributed by atoms with E-state index in [-0.39, 0.29) is 22.2 Å². The monoisotopic (exact) mass is 379 g/mol. The standard InChI is InChI=1S/C18H25N3O4S/c1-6-16-17(13(3)26-10-9-19(4)5)18(22)20(25-16)14-8-7-12(2)11-15(14)21(23)24/h7-8,11,13H,6,9-10H2,1-5H3. The fraction of sp³-hybridized carbons (Fsp3) is 0.500. The van der Waals surface area contributed by atoms with Crippen LogP contribution < -0.4 is 5.56 Å². The van der Waals surface area contributed by atoms with Crippen molar-refractivity contribution >= 4 is 17.4 Å².